The topological polar surface area (TPSA) is 68.2 Å². The Kier molecular flexibility index (Phi) is 5.70. The van der Waals surface area contributed by atoms with E-state index in [4.69, 9.17) is 9.47 Å². The zero-order chi connectivity index (χ0) is 19.6. The number of methoxy groups -OCH3 is 1. The summed E-state index contributed by atoms with van der Waals surface area (Å²) in [4.78, 5) is 31.9. The fourth-order valence-corrected chi connectivity index (χ4v) is 4.30. The molecule has 1 aromatic rings. The Bertz CT molecular complexity index is 829. The van der Waals surface area contributed by atoms with Crippen LogP contribution in [0.1, 0.15) is 31.9 Å². The number of carbonyl (C=O) groups excluding carboxylic acids is 2. The number of nitrogens with zero attached hydrogens (tertiary/aromatic N) is 2. The lowest BCUT2D eigenvalue weighted by Gasteiger charge is -2.33. The predicted octanol–water partition coefficient (Wildman–Crippen LogP) is 3.46. The van der Waals surface area contributed by atoms with Gasteiger partial charge in [0.05, 0.1) is 29.7 Å². The van der Waals surface area contributed by atoms with Crippen LogP contribution >= 0.6 is 11.8 Å². The number of esters is 1. The molecule has 0 aliphatic carbocycles. The van der Waals surface area contributed by atoms with Crippen molar-refractivity contribution in [3.05, 3.63) is 53.8 Å². The Hall–Kier alpha value is -2.54. The highest BCUT2D eigenvalue weighted by atomic mass is 32.2. The molecule has 142 valence electrons. The number of ether oxygens (including phenoxy) is 2. The smallest absolute Gasteiger partial charge is 0.338 e. The second-order valence-electron chi connectivity index (χ2n) is 6.18. The first-order chi connectivity index (χ1) is 13.0. The summed E-state index contributed by atoms with van der Waals surface area (Å²) in [6, 6.07) is 6.77. The van der Waals surface area contributed by atoms with Crippen molar-refractivity contribution in [3.63, 3.8) is 0 Å². The van der Waals surface area contributed by atoms with E-state index in [1.807, 2.05) is 31.2 Å². The van der Waals surface area contributed by atoms with Crippen molar-refractivity contribution >= 4 is 28.8 Å². The maximum Gasteiger partial charge on any atom is 0.338 e. The fraction of sp³-hybridized carbons (Fsp3) is 0.350. The van der Waals surface area contributed by atoms with Crippen LogP contribution in [0.3, 0.4) is 0 Å². The van der Waals surface area contributed by atoms with Crippen LogP contribution in [-0.2, 0) is 14.3 Å². The van der Waals surface area contributed by atoms with Crippen molar-refractivity contribution in [1.82, 2.24) is 4.90 Å². The number of carbonyl (C=O) groups is 2. The number of fused-ring (bicyclic) bond motifs is 1. The largest absolute Gasteiger partial charge is 0.497 e. The number of hydrogen-bond donors (Lipinski definition) is 0. The third-order valence-corrected chi connectivity index (χ3v) is 5.82. The highest BCUT2D eigenvalue weighted by Crippen LogP contribution is 2.44. The molecule has 27 heavy (non-hydrogen) atoms. The van der Waals surface area contributed by atoms with Gasteiger partial charge in [-0.05, 0) is 31.0 Å². The van der Waals surface area contributed by atoms with E-state index in [1.165, 1.54) is 17.8 Å². The average molecular weight is 386 g/mol. The van der Waals surface area contributed by atoms with E-state index in [0.29, 0.717) is 28.6 Å². The Morgan fingerprint density at radius 2 is 2.07 bits per heavy atom. The van der Waals surface area contributed by atoms with Gasteiger partial charge in [-0.1, -0.05) is 43.5 Å². The molecule has 0 bridgehead atoms. The predicted molar refractivity (Wildman–Crippen MR) is 106 cm³/mol. The molecule has 1 amide bonds. The van der Waals surface area contributed by atoms with E-state index in [2.05, 4.69) is 11.6 Å². The first kappa shape index (κ1) is 19.2. The van der Waals surface area contributed by atoms with Crippen LogP contribution < -0.4 is 4.74 Å². The molecule has 2 atom stereocenters. The van der Waals surface area contributed by atoms with Crippen LogP contribution in [0.15, 0.2) is 53.2 Å². The van der Waals surface area contributed by atoms with Gasteiger partial charge in [-0.3, -0.25) is 9.69 Å². The number of thioether (sulfide) groups is 1. The molecule has 1 aromatic carbocycles. The number of aliphatic imine (C=N–C) groups is 1. The van der Waals surface area contributed by atoms with E-state index >= 15 is 0 Å². The lowest BCUT2D eigenvalue weighted by molar-refractivity contribution is -0.139. The van der Waals surface area contributed by atoms with Crippen molar-refractivity contribution in [2.45, 2.75) is 31.6 Å². The minimum atomic E-state index is -0.572. The monoisotopic (exact) mass is 386 g/mol. The first-order valence-corrected chi connectivity index (χ1v) is 9.60. The maximum absolute atomic E-state index is 13.0. The second-order valence-corrected chi connectivity index (χ2v) is 7.35. The minimum Gasteiger partial charge on any atom is -0.497 e. The Morgan fingerprint density at radius 1 is 1.37 bits per heavy atom. The summed E-state index contributed by atoms with van der Waals surface area (Å²) in [6.07, 6.45) is 2.21. The maximum atomic E-state index is 13.0. The van der Waals surface area contributed by atoms with Crippen molar-refractivity contribution in [3.8, 4) is 5.75 Å². The number of allylic oxidation sites excluding steroid dienone is 1. The Morgan fingerprint density at radius 3 is 2.67 bits per heavy atom. The van der Waals surface area contributed by atoms with Gasteiger partial charge >= 0.3 is 5.97 Å². The van der Waals surface area contributed by atoms with Crippen LogP contribution in [0, 0.1) is 0 Å². The van der Waals surface area contributed by atoms with Gasteiger partial charge in [0.1, 0.15) is 12.4 Å². The molecule has 1 fully saturated rings. The highest BCUT2D eigenvalue weighted by Gasteiger charge is 2.47. The van der Waals surface area contributed by atoms with Crippen LogP contribution in [-0.4, -0.2) is 40.9 Å². The summed E-state index contributed by atoms with van der Waals surface area (Å²) >= 11 is 1.44. The van der Waals surface area contributed by atoms with Crippen molar-refractivity contribution in [1.29, 1.82) is 0 Å². The first-order valence-electron chi connectivity index (χ1n) is 8.73. The molecular weight excluding hydrogens is 364 g/mol. The SMILES string of the molecule is C=CCOC(=O)C1=C(C)N=C2SC(CC)C(=O)N2C1c1ccc(OC)cc1. The molecule has 1 saturated heterocycles. The van der Waals surface area contributed by atoms with Gasteiger partial charge in [-0.15, -0.1) is 0 Å². The van der Waals surface area contributed by atoms with Gasteiger partial charge in [0, 0.05) is 0 Å². The quantitative estimate of drug-likeness (QED) is 0.553. The summed E-state index contributed by atoms with van der Waals surface area (Å²) < 4.78 is 10.5. The molecule has 2 aliphatic heterocycles. The number of amides is 1. The third-order valence-electron chi connectivity index (χ3n) is 4.51. The minimum absolute atomic E-state index is 0.0383. The molecular formula is C20H22N2O4S. The van der Waals surface area contributed by atoms with E-state index < -0.39 is 12.0 Å². The van der Waals surface area contributed by atoms with Crippen molar-refractivity contribution in [2.75, 3.05) is 13.7 Å². The van der Waals surface area contributed by atoms with Crippen LogP contribution in [0.4, 0.5) is 0 Å². The van der Waals surface area contributed by atoms with Gasteiger partial charge in [-0.2, -0.15) is 0 Å². The van der Waals surface area contributed by atoms with E-state index in [9.17, 15) is 9.59 Å². The van der Waals surface area contributed by atoms with E-state index in [-0.39, 0.29) is 17.8 Å². The molecule has 0 radical (unpaired) electrons. The summed E-state index contributed by atoms with van der Waals surface area (Å²) in [5, 5.41) is 0.436. The molecule has 0 N–H and O–H groups in total. The molecule has 0 spiro atoms. The number of benzene rings is 1. The lowest BCUT2D eigenvalue weighted by atomic mass is 9.94. The molecule has 2 heterocycles. The van der Waals surface area contributed by atoms with Crippen LogP contribution in [0.25, 0.3) is 0 Å². The molecule has 2 aliphatic rings. The van der Waals surface area contributed by atoms with E-state index in [1.54, 1.807) is 18.9 Å². The zero-order valence-corrected chi connectivity index (χ0v) is 16.4. The molecule has 3 rings (SSSR count). The lowest BCUT2D eigenvalue weighted by Crippen LogP contribution is -2.40. The second kappa shape index (κ2) is 8.00. The van der Waals surface area contributed by atoms with Gasteiger partial charge in [-0.25, -0.2) is 9.79 Å². The number of rotatable bonds is 6. The zero-order valence-electron chi connectivity index (χ0n) is 15.6. The van der Waals surface area contributed by atoms with Gasteiger partial charge < -0.3 is 9.47 Å². The summed E-state index contributed by atoms with van der Waals surface area (Å²) in [5.74, 6) is 0.172. The normalized spacial score (nSPS) is 21.7. The van der Waals surface area contributed by atoms with Crippen molar-refractivity contribution in [2.24, 2.45) is 4.99 Å². The Labute approximate surface area is 162 Å². The number of amidine groups is 1. The standard InChI is InChI=1S/C20H22N2O4S/c1-5-11-26-19(24)16-12(3)21-20-22(18(23)15(6-2)27-20)17(16)13-7-9-14(25-4)10-8-13/h5,7-10,15,17H,1,6,11H2,2-4H3. The average Bonchev–Trinajstić information content (AvgIpc) is 3.00. The third kappa shape index (κ3) is 3.51. The van der Waals surface area contributed by atoms with Crippen LogP contribution in [0.2, 0.25) is 0 Å². The molecule has 2 unspecified atom stereocenters. The fourth-order valence-electron chi connectivity index (χ4n) is 3.16. The van der Waals surface area contributed by atoms with Gasteiger partial charge in [0.2, 0.25) is 5.91 Å². The summed E-state index contributed by atoms with van der Waals surface area (Å²) in [5.41, 5.74) is 1.74. The molecule has 0 aromatic heterocycles. The molecule has 6 nitrogen and oxygen atoms in total. The van der Waals surface area contributed by atoms with Gasteiger partial charge in [0.25, 0.3) is 0 Å². The number of hydrogen-bond acceptors (Lipinski definition) is 6. The van der Waals surface area contributed by atoms with Crippen molar-refractivity contribution < 1.29 is 19.1 Å². The Balaban J connectivity index is 2.09. The summed E-state index contributed by atoms with van der Waals surface area (Å²) in [6.45, 7) is 7.42. The highest BCUT2D eigenvalue weighted by molar-refractivity contribution is 8.15. The van der Waals surface area contributed by atoms with Gasteiger partial charge in [0.15, 0.2) is 5.17 Å². The van der Waals surface area contributed by atoms with Crippen LogP contribution in [0.5, 0.6) is 5.75 Å². The summed E-state index contributed by atoms with van der Waals surface area (Å²) in [7, 11) is 1.59. The van der Waals surface area contributed by atoms with E-state index in [0.717, 1.165) is 5.56 Å². The molecule has 0 saturated carbocycles. The molecule has 7 heteroatoms.